The second-order valence-electron chi connectivity index (χ2n) is 5.12. The van der Waals surface area contributed by atoms with Crippen molar-refractivity contribution in [2.24, 2.45) is 0 Å². The summed E-state index contributed by atoms with van der Waals surface area (Å²) >= 11 is 5.83. The van der Waals surface area contributed by atoms with Crippen molar-refractivity contribution in [1.82, 2.24) is 5.32 Å². The quantitative estimate of drug-likeness (QED) is 0.758. The standard InChI is InChI=1S/C18H17ClN2O3/c19-14-6-4-5-13(11-14)16(22)9-10-17(23)20-12-18(24)21-15-7-2-1-3-8-15/h1-8,11H,9-10,12H2,(H,20,23)(H,21,24). The molecule has 0 heterocycles. The van der Waals surface area contributed by atoms with E-state index in [0.29, 0.717) is 16.3 Å². The van der Waals surface area contributed by atoms with Gasteiger partial charge < -0.3 is 10.6 Å². The van der Waals surface area contributed by atoms with Crippen molar-refractivity contribution in [3.05, 3.63) is 65.2 Å². The molecule has 24 heavy (non-hydrogen) atoms. The Morgan fingerprint density at radius 1 is 0.875 bits per heavy atom. The Labute approximate surface area is 145 Å². The molecule has 5 nitrogen and oxygen atoms in total. The Kier molecular flexibility index (Phi) is 6.51. The number of nitrogens with one attached hydrogen (secondary N) is 2. The Hall–Kier alpha value is -2.66. The van der Waals surface area contributed by atoms with Gasteiger partial charge in [-0.3, -0.25) is 14.4 Å². The lowest BCUT2D eigenvalue weighted by molar-refractivity contribution is -0.124. The number of amides is 2. The molecule has 2 N–H and O–H groups in total. The van der Waals surface area contributed by atoms with E-state index in [-0.39, 0.29) is 37.0 Å². The van der Waals surface area contributed by atoms with Crippen molar-refractivity contribution < 1.29 is 14.4 Å². The Balaban J connectivity index is 1.71. The van der Waals surface area contributed by atoms with Crippen LogP contribution in [0.15, 0.2) is 54.6 Å². The SMILES string of the molecule is O=C(CCC(=O)c1cccc(Cl)c1)NCC(=O)Nc1ccccc1. The number of para-hydroxylation sites is 1. The van der Waals surface area contributed by atoms with E-state index in [1.807, 2.05) is 6.07 Å². The second-order valence-corrected chi connectivity index (χ2v) is 5.56. The number of hydrogen-bond acceptors (Lipinski definition) is 3. The fourth-order valence-corrected chi connectivity index (χ4v) is 2.22. The molecule has 2 amide bonds. The molecule has 0 spiro atoms. The monoisotopic (exact) mass is 344 g/mol. The zero-order valence-electron chi connectivity index (χ0n) is 12.9. The van der Waals surface area contributed by atoms with E-state index in [0.717, 1.165) is 0 Å². The van der Waals surface area contributed by atoms with Gasteiger partial charge in [-0.25, -0.2) is 0 Å². The van der Waals surface area contributed by atoms with Crippen LogP contribution in [-0.2, 0) is 9.59 Å². The summed E-state index contributed by atoms with van der Waals surface area (Å²) in [6.07, 6.45) is 0.0798. The molecule has 2 aromatic rings. The van der Waals surface area contributed by atoms with Crippen molar-refractivity contribution >= 4 is 34.9 Å². The number of anilines is 1. The van der Waals surface area contributed by atoms with Crippen LogP contribution in [0.4, 0.5) is 5.69 Å². The van der Waals surface area contributed by atoms with Crippen molar-refractivity contribution in [1.29, 1.82) is 0 Å². The minimum absolute atomic E-state index is 0.0178. The van der Waals surface area contributed by atoms with E-state index < -0.39 is 0 Å². The molecule has 0 atom stereocenters. The van der Waals surface area contributed by atoms with Crippen LogP contribution in [0.1, 0.15) is 23.2 Å². The van der Waals surface area contributed by atoms with E-state index in [2.05, 4.69) is 10.6 Å². The first-order valence-electron chi connectivity index (χ1n) is 7.45. The normalized spacial score (nSPS) is 10.0. The molecule has 0 aliphatic heterocycles. The fraction of sp³-hybridized carbons (Fsp3) is 0.167. The van der Waals surface area contributed by atoms with Crippen LogP contribution in [0.2, 0.25) is 5.02 Å². The number of rotatable bonds is 7. The molecule has 0 unspecified atom stereocenters. The number of benzene rings is 2. The van der Waals surface area contributed by atoms with Gasteiger partial charge in [-0.05, 0) is 24.3 Å². The van der Waals surface area contributed by atoms with Crippen LogP contribution in [0.5, 0.6) is 0 Å². The van der Waals surface area contributed by atoms with E-state index in [9.17, 15) is 14.4 Å². The summed E-state index contributed by atoms with van der Waals surface area (Å²) in [7, 11) is 0. The highest BCUT2D eigenvalue weighted by Gasteiger charge is 2.11. The highest BCUT2D eigenvalue weighted by molar-refractivity contribution is 6.31. The highest BCUT2D eigenvalue weighted by atomic mass is 35.5. The topological polar surface area (TPSA) is 75.3 Å². The molecule has 2 aromatic carbocycles. The number of hydrogen-bond donors (Lipinski definition) is 2. The van der Waals surface area contributed by atoms with E-state index in [1.165, 1.54) is 0 Å². The number of Topliss-reactive ketones (excluding diaryl/α,β-unsaturated/α-hetero) is 1. The van der Waals surface area contributed by atoms with Crippen molar-refractivity contribution in [3.63, 3.8) is 0 Å². The van der Waals surface area contributed by atoms with Crippen LogP contribution in [0.3, 0.4) is 0 Å². The molecular formula is C18H17ClN2O3. The highest BCUT2D eigenvalue weighted by Crippen LogP contribution is 2.13. The number of ketones is 1. The number of halogens is 1. The van der Waals surface area contributed by atoms with Gasteiger partial charge >= 0.3 is 0 Å². The lowest BCUT2D eigenvalue weighted by Gasteiger charge is -2.07. The van der Waals surface area contributed by atoms with Crippen molar-refractivity contribution in [3.8, 4) is 0 Å². The molecule has 0 aromatic heterocycles. The molecule has 2 rings (SSSR count). The van der Waals surface area contributed by atoms with Gasteiger partial charge in [0.05, 0.1) is 6.54 Å². The zero-order chi connectivity index (χ0) is 17.4. The first-order chi connectivity index (χ1) is 11.5. The van der Waals surface area contributed by atoms with Gasteiger partial charge in [-0.2, -0.15) is 0 Å². The summed E-state index contributed by atoms with van der Waals surface area (Å²) in [5, 5.41) is 5.63. The van der Waals surface area contributed by atoms with Crippen LogP contribution < -0.4 is 10.6 Å². The molecule has 6 heteroatoms. The van der Waals surface area contributed by atoms with E-state index >= 15 is 0 Å². The molecule has 0 saturated heterocycles. The summed E-state index contributed by atoms with van der Waals surface area (Å²) in [5.74, 6) is -0.842. The Bertz CT molecular complexity index is 732. The minimum atomic E-state index is -0.353. The molecule has 0 radical (unpaired) electrons. The Morgan fingerprint density at radius 2 is 1.62 bits per heavy atom. The molecule has 0 aliphatic rings. The summed E-state index contributed by atoms with van der Waals surface area (Å²) < 4.78 is 0. The number of carbonyl (C=O) groups excluding carboxylic acids is 3. The summed E-state index contributed by atoms with van der Waals surface area (Å²) in [4.78, 5) is 35.4. The number of carbonyl (C=O) groups is 3. The fourth-order valence-electron chi connectivity index (χ4n) is 2.03. The van der Waals surface area contributed by atoms with E-state index in [1.54, 1.807) is 48.5 Å². The molecule has 0 fully saturated rings. The zero-order valence-corrected chi connectivity index (χ0v) is 13.7. The van der Waals surface area contributed by atoms with Gasteiger partial charge in [0.1, 0.15) is 0 Å². The average Bonchev–Trinajstić information content (AvgIpc) is 2.58. The Morgan fingerprint density at radius 3 is 2.33 bits per heavy atom. The van der Waals surface area contributed by atoms with Gasteiger partial charge in [-0.15, -0.1) is 0 Å². The molecular weight excluding hydrogens is 328 g/mol. The third kappa shape index (κ3) is 5.85. The van der Waals surface area contributed by atoms with Crippen LogP contribution in [-0.4, -0.2) is 24.1 Å². The third-order valence-electron chi connectivity index (χ3n) is 3.23. The lowest BCUT2D eigenvalue weighted by Crippen LogP contribution is -2.33. The molecule has 124 valence electrons. The smallest absolute Gasteiger partial charge is 0.243 e. The minimum Gasteiger partial charge on any atom is -0.347 e. The maximum absolute atomic E-state index is 12.0. The van der Waals surface area contributed by atoms with Crippen LogP contribution in [0, 0.1) is 0 Å². The molecule has 0 aliphatic carbocycles. The predicted octanol–water partition coefficient (Wildman–Crippen LogP) is 3.06. The van der Waals surface area contributed by atoms with Gasteiger partial charge in [0.2, 0.25) is 11.8 Å². The summed E-state index contributed by atoms with van der Waals surface area (Å²) in [5.41, 5.74) is 1.13. The largest absolute Gasteiger partial charge is 0.347 e. The van der Waals surface area contributed by atoms with Gasteiger partial charge in [0.15, 0.2) is 5.78 Å². The maximum atomic E-state index is 12.0. The summed E-state index contributed by atoms with van der Waals surface area (Å²) in [6, 6.07) is 15.5. The van der Waals surface area contributed by atoms with Crippen LogP contribution >= 0.6 is 11.6 Å². The van der Waals surface area contributed by atoms with Gasteiger partial charge in [0, 0.05) is 29.1 Å². The average molecular weight is 345 g/mol. The third-order valence-corrected chi connectivity index (χ3v) is 3.46. The van der Waals surface area contributed by atoms with Crippen molar-refractivity contribution in [2.75, 3.05) is 11.9 Å². The van der Waals surface area contributed by atoms with E-state index in [4.69, 9.17) is 11.6 Å². The first-order valence-corrected chi connectivity index (χ1v) is 7.83. The second kappa shape index (κ2) is 8.84. The maximum Gasteiger partial charge on any atom is 0.243 e. The van der Waals surface area contributed by atoms with Crippen LogP contribution in [0.25, 0.3) is 0 Å². The predicted molar refractivity (Wildman–Crippen MR) is 93.1 cm³/mol. The van der Waals surface area contributed by atoms with Crippen molar-refractivity contribution in [2.45, 2.75) is 12.8 Å². The molecule has 0 saturated carbocycles. The lowest BCUT2D eigenvalue weighted by atomic mass is 10.1. The van der Waals surface area contributed by atoms with Gasteiger partial charge in [-0.1, -0.05) is 41.9 Å². The van der Waals surface area contributed by atoms with Gasteiger partial charge in [0.25, 0.3) is 0 Å². The first kappa shape index (κ1) is 17.7. The molecule has 0 bridgehead atoms. The summed E-state index contributed by atoms with van der Waals surface area (Å²) in [6.45, 7) is -0.140.